The molecule has 0 fully saturated rings. The fraction of sp³-hybridized carbons (Fsp3) is 0. The molecule has 1 aromatic rings. The Balaban J connectivity index is 0.00000121. The number of carboxylic acids is 1. The minimum atomic E-state index is -1.19. The maximum Gasteiger partial charge on any atom is 0.339 e. The minimum Gasteiger partial charge on any atom is -0.505 e. The van der Waals surface area contributed by atoms with Crippen LogP contribution in [0.1, 0.15) is 10.4 Å². The molecule has 4 N–H and O–H groups in total. The molecule has 1 radical (unpaired) electrons. The van der Waals surface area contributed by atoms with Crippen molar-refractivity contribution in [1.82, 2.24) is 0 Å². The van der Waals surface area contributed by atoms with Crippen LogP contribution in [0.2, 0.25) is 0 Å². The summed E-state index contributed by atoms with van der Waals surface area (Å²) in [6.07, 6.45) is 0. The summed E-state index contributed by atoms with van der Waals surface area (Å²) in [5.74, 6) is -1.56. The van der Waals surface area contributed by atoms with E-state index in [0.717, 1.165) is 0 Å². The van der Waals surface area contributed by atoms with E-state index >= 15 is 0 Å². The standard InChI is InChI=1S/C7H7NO3.Na/c8-5-3-1-2-4(6(5)9)7(10)11;/h1-3,9H,8H2,(H,10,11);. The van der Waals surface area contributed by atoms with Crippen LogP contribution >= 0.6 is 0 Å². The van der Waals surface area contributed by atoms with Crippen molar-refractivity contribution in [2.45, 2.75) is 0 Å². The number of carboxylic acid groups (broad SMARTS) is 1. The molecule has 59 valence electrons. The number of nitrogen functional groups attached to an aromatic ring is 1. The second-order valence-electron chi connectivity index (χ2n) is 2.05. The number of aromatic hydroxyl groups is 1. The molecule has 0 aliphatic heterocycles. The molecule has 0 aliphatic carbocycles. The van der Waals surface area contributed by atoms with E-state index in [1.807, 2.05) is 0 Å². The van der Waals surface area contributed by atoms with Gasteiger partial charge in [-0.1, -0.05) is 6.07 Å². The van der Waals surface area contributed by atoms with Crippen LogP contribution in [0.4, 0.5) is 5.69 Å². The first-order chi connectivity index (χ1) is 5.13. The van der Waals surface area contributed by atoms with Gasteiger partial charge in [0.2, 0.25) is 0 Å². The normalized spacial score (nSPS) is 8.67. The summed E-state index contributed by atoms with van der Waals surface area (Å²) < 4.78 is 0. The van der Waals surface area contributed by atoms with Gasteiger partial charge in [0.25, 0.3) is 0 Å². The predicted molar refractivity (Wildman–Crippen MR) is 45.2 cm³/mol. The smallest absolute Gasteiger partial charge is 0.339 e. The zero-order chi connectivity index (χ0) is 8.43. The molecule has 0 aliphatic rings. The molecular formula is C7H7NNaO3. The van der Waals surface area contributed by atoms with Crippen LogP contribution in [0.3, 0.4) is 0 Å². The molecule has 0 saturated heterocycles. The third-order valence-corrected chi connectivity index (χ3v) is 1.30. The van der Waals surface area contributed by atoms with Crippen LogP contribution in [0.5, 0.6) is 5.75 Å². The third kappa shape index (κ3) is 2.14. The number of anilines is 1. The van der Waals surface area contributed by atoms with Crippen molar-refractivity contribution in [3.8, 4) is 5.75 Å². The molecular weight excluding hydrogens is 169 g/mol. The number of aromatic carboxylic acids is 1. The van der Waals surface area contributed by atoms with Crippen LogP contribution in [-0.4, -0.2) is 45.7 Å². The van der Waals surface area contributed by atoms with Gasteiger partial charge in [-0.25, -0.2) is 4.79 Å². The average Bonchev–Trinajstić information content (AvgIpc) is 1.94. The second-order valence-corrected chi connectivity index (χ2v) is 2.05. The van der Waals surface area contributed by atoms with Gasteiger partial charge >= 0.3 is 5.97 Å². The summed E-state index contributed by atoms with van der Waals surface area (Å²) >= 11 is 0. The second kappa shape index (κ2) is 4.35. The van der Waals surface area contributed by atoms with Crippen molar-refractivity contribution in [1.29, 1.82) is 0 Å². The Morgan fingerprint density at radius 3 is 2.42 bits per heavy atom. The van der Waals surface area contributed by atoms with Gasteiger partial charge in [-0.2, -0.15) is 0 Å². The Morgan fingerprint density at radius 2 is 2.00 bits per heavy atom. The van der Waals surface area contributed by atoms with Gasteiger partial charge in [0.05, 0.1) is 5.69 Å². The van der Waals surface area contributed by atoms with E-state index in [1.54, 1.807) is 0 Å². The molecule has 0 unspecified atom stereocenters. The van der Waals surface area contributed by atoms with E-state index in [2.05, 4.69) is 0 Å². The molecule has 0 atom stereocenters. The molecule has 1 rings (SSSR count). The van der Waals surface area contributed by atoms with Gasteiger partial charge in [-0.05, 0) is 12.1 Å². The number of hydrogen-bond donors (Lipinski definition) is 3. The largest absolute Gasteiger partial charge is 0.505 e. The van der Waals surface area contributed by atoms with Crippen molar-refractivity contribution in [2.75, 3.05) is 5.73 Å². The van der Waals surface area contributed by atoms with Crippen molar-refractivity contribution in [2.24, 2.45) is 0 Å². The van der Waals surface area contributed by atoms with Gasteiger partial charge in [0.1, 0.15) is 5.56 Å². The molecule has 4 nitrogen and oxygen atoms in total. The number of para-hydroxylation sites is 1. The fourth-order valence-electron chi connectivity index (χ4n) is 0.734. The Bertz CT molecular complexity index is 301. The van der Waals surface area contributed by atoms with Gasteiger partial charge in [0.15, 0.2) is 5.75 Å². The van der Waals surface area contributed by atoms with Crippen LogP contribution in [0.15, 0.2) is 18.2 Å². The predicted octanol–water partition coefficient (Wildman–Crippen LogP) is 0.292. The number of nitrogens with two attached hydrogens (primary N) is 1. The van der Waals surface area contributed by atoms with E-state index in [0.29, 0.717) is 0 Å². The SMILES string of the molecule is Nc1cccc(C(=O)O)c1O.[Na]. The van der Waals surface area contributed by atoms with E-state index in [1.165, 1.54) is 18.2 Å². The van der Waals surface area contributed by atoms with Gasteiger partial charge < -0.3 is 15.9 Å². The molecule has 0 heterocycles. The first-order valence-corrected chi connectivity index (χ1v) is 2.93. The Morgan fingerprint density at radius 1 is 1.42 bits per heavy atom. The van der Waals surface area contributed by atoms with E-state index in [4.69, 9.17) is 15.9 Å². The summed E-state index contributed by atoms with van der Waals surface area (Å²) in [6.45, 7) is 0. The van der Waals surface area contributed by atoms with Gasteiger partial charge in [-0.15, -0.1) is 0 Å². The molecule has 0 saturated carbocycles. The van der Waals surface area contributed by atoms with Gasteiger partial charge in [0, 0.05) is 29.6 Å². The van der Waals surface area contributed by atoms with E-state index < -0.39 is 5.97 Å². The summed E-state index contributed by atoms with van der Waals surface area (Å²) in [6, 6.07) is 4.19. The molecule has 5 heteroatoms. The minimum absolute atomic E-state index is 0. The van der Waals surface area contributed by atoms with Crippen molar-refractivity contribution < 1.29 is 15.0 Å². The number of benzene rings is 1. The molecule has 1 aromatic carbocycles. The summed E-state index contributed by atoms with van der Waals surface area (Å²) in [4.78, 5) is 10.4. The van der Waals surface area contributed by atoms with Crippen molar-refractivity contribution in [3.63, 3.8) is 0 Å². The summed E-state index contributed by atoms with van der Waals surface area (Å²) in [5.41, 5.74) is 5.14. The van der Waals surface area contributed by atoms with Crippen LogP contribution in [0.25, 0.3) is 0 Å². The fourth-order valence-corrected chi connectivity index (χ4v) is 0.734. The van der Waals surface area contributed by atoms with Crippen molar-refractivity contribution >= 4 is 41.2 Å². The van der Waals surface area contributed by atoms with Crippen LogP contribution < -0.4 is 5.73 Å². The summed E-state index contributed by atoms with van der Waals surface area (Å²) in [7, 11) is 0. The molecule has 0 aromatic heterocycles. The van der Waals surface area contributed by atoms with E-state index in [-0.39, 0.29) is 46.6 Å². The zero-order valence-corrected chi connectivity index (χ0v) is 8.61. The Labute approximate surface area is 91.3 Å². The molecule has 0 bridgehead atoms. The van der Waals surface area contributed by atoms with Crippen LogP contribution in [-0.2, 0) is 0 Å². The van der Waals surface area contributed by atoms with Crippen molar-refractivity contribution in [3.05, 3.63) is 23.8 Å². The monoisotopic (exact) mass is 176 g/mol. The number of carbonyl (C=O) groups is 1. The first kappa shape index (κ1) is 11.3. The van der Waals surface area contributed by atoms with Gasteiger partial charge in [-0.3, -0.25) is 0 Å². The Hall–Kier alpha value is -0.710. The maximum absolute atomic E-state index is 10.4. The number of hydrogen-bond acceptors (Lipinski definition) is 3. The third-order valence-electron chi connectivity index (χ3n) is 1.30. The summed E-state index contributed by atoms with van der Waals surface area (Å²) in [5, 5.41) is 17.5. The topological polar surface area (TPSA) is 83.6 Å². The average molecular weight is 176 g/mol. The molecule has 0 amide bonds. The molecule has 0 spiro atoms. The first-order valence-electron chi connectivity index (χ1n) is 2.93. The maximum atomic E-state index is 10.4. The Kier molecular flexibility index (Phi) is 4.09. The molecule has 12 heavy (non-hydrogen) atoms. The van der Waals surface area contributed by atoms with E-state index in [9.17, 15) is 4.79 Å². The quantitative estimate of drug-likeness (QED) is 0.326. The zero-order valence-electron chi connectivity index (χ0n) is 6.61. The number of rotatable bonds is 1. The number of phenols is 1. The van der Waals surface area contributed by atoms with Crippen LogP contribution in [0, 0.1) is 0 Å².